The molecule has 0 aliphatic rings. The predicted octanol–water partition coefficient (Wildman–Crippen LogP) is 2.66. The van der Waals surface area contributed by atoms with E-state index in [0.29, 0.717) is 10.2 Å². The van der Waals surface area contributed by atoms with Gasteiger partial charge in [-0.3, -0.25) is 0 Å². The van der Waals surface area contributed by atoms with Gasteiger partial charge in [-0.25, -0.2) is 18.1 Å². The molecule has 0 amide bonds. The monoisotopic (exact) mass is 311 g/mol. The molecule has 9 heteroatoms. The van der Waals surface area contributed by atoms with Crippen molar-refractivity contribution in [1.82, 2.24) is 9.71 Å². The number of hydrogen-bond acceptors (Lipinski definition) is 5. The van der Waals surface area contributed by atoms with Gasteiger partial charge in [0.1, 0.15) is 4.90 Å². The molecule has 0 saturated heterocycles. The lowest BCUT2D eigenvalue weighted by molar-refractivity contribution is 0.462. The molecule has 1 aromatic heterocycles. The Morgan fingerprint density at radius 3 is 2.95 bits per heavy atom. The zero-order chi connectivity index (χ0) is 14.8. The van der Waals surface area contributed by atoms with E-state index in [2.05, 4.69) is 19.7 Å². The van der Waals surface area contributed by atoms with E-state index < -0.39 is 15.6 Å². The summed E-state index contributed by atoms with van der Waals surface area (Å²) in [6.07, 6.45) is 0. The average molecular weight is 311 g/mol. The molecule has 7 nitrogen and oxygen atoms in total. The van der Waals surface area contributed by atoms with Gasteiger partial charge in [-0.2, -0.15) is 0 Å². The Morgan fingerprint density at radius 1 is 1.50 bits per heavy atom. The van der Waals surface area contributed by atoms with Crippen LogP contribution in [0.25, 0.3) is 20.7 Å². The van der Waals surface area contributed by atoms with Crippen molar-refractivity contribution in [3.8, 4) is 0 Å². The van der Waals surface area contributed by atoms with Crippen LogP contribution in [0.4, 0.5) is 0 Å². The van der Waals surface area contributed by atoms with Gasteiger partial charge >= 0.3 is 0 Å². The van der Waals surface area contributed by atoms with Gasteiger partial charge in [-0.1, -0.05) is 11.2 Å². The Morgan fingerprint density at radius 2 is 2.25 bits per heavy atom. The maximum atomic E-state index is 12.5. The molecule has 0 unspecified atom stereocenters. The standard InChI is InChI=1S/C11H13N5O2S2/c1-11(2,6-14-16-12)15-20(17,18)9-5-3-4-8-10(9)19-7-13-8/h3-5,7,15H,6H2,1-2H3. The van der Waals surface area contributed by atoms with Crippen LogP contribution >= 0.6 is 11.3 Å². The molecule has 0 spiro atoms. The van der Waals surface area contributed by atoms with Crippen molar-refractivity contribution in [2.75, 3.05) is 6.54 Å². The smallest absolute Gasteiger partial charge is 0.242 e. The van der Waals surface area contributed by atoms with Gasteiger partial charge in [0, 0.05) is 17.0 Å². The number of thiazole rings is 1. The van der Waals surface area contributed by atoms with Gasteiger partial charge < -0.3 is 0 Å². The molecule has 1 heterocycles. The van der Waals surface area contributed by atoms with Crippen molar-refractivity contribution in [1.29, 1.82) is 0 Å². The maximum Gasteiger partial charge on any atom is 0.242 e. The number of nitrogens with one attached hydrogen (secondary N) is 1. The lowest BCUT2D eigenvalue weighted by Gasteiger charge is -2.23. The Balaban J connectivity index is 2.40. The number of rotatable bonds is 5. The van der Waals surface area contributed by atoms with Crippen molar-refractivity contribution < 1.29 is 8.42 Å². The average Bonchev–Trinajstić information content (AvgIpc) is 2.82. The predicted molar refractivity (Wildman–Crippen MR) is 78.0 cm³/mol. The molecule has 106 valence electrons. The highest BCUT2D eigenvalue weighted by Crippen LogP contribution is 2.26. The van der Waals surface area contributed by atoms with Crippen LogP contribution in [0.3, 0.4) is 0 Å². The molecule has 0 aliphatic heterocycles. The van der Waals surface area contributed by atoms with Crippen LogP contribution in [0.1, 0.15) is 13.8 Å². The van der Waals surface area contributed by atoms with Crippen molar-refractivity contribution in [3.05, 3.63) is 34.2 Å². The van der Waals surface area contributed by atoms with E-state index in [-0.39, 0.29) is 11.4 Å². The lowest BCUT2D eigenvalue weighted by Crippen LogP contribution is -2.45. The molecule has 1 aromatic carbocycles. The Hall–Kier alpha value is -1.67. The second kappa shape index (κ2) is 5.37. The summed E-state index contributed by atoms with van der Waals surface area (Å²) in [5.41, 5.74) is 9.72. The normalized spacial score (nSPS) is 12.3. The molecule has 2 aromatic rings. The lowest BCUT2D eigenvalue weighted by atomic mass is 10.1. The van der Waals surface area contributed by atoms with Gasteiger partial charge in [-0.05, 0) is 31.5 Å². The largest absolute Gasteiger partial charge is 0.245 e. The molecule has 2 rings (SSSR count). The number of fused-ring (bicyclic) bond motifs is 1. The van der Waals surface area contributed by atoms with E-state index >= 15 is 0 Å². The third-order valence-electron chi connectivity index (χ3n) is 2.55. The fourth-order valence-corrected chi connectivity index (χ4v) is 4.41. The van der Waals surface area contributed by atoms with Crippen LogP contribution in [0.15, 0.2) is 33.7 Å². The number of azide groups is 1. The molecule has 0 fully saturated rings. The van der Waals surface area contributed by atoms with Crippen LogP contribution in [0.2, 0.25) is 0 Å². The van der Waals surface area contributed by atoms with Crippen LogP contribution in [-0.4, -0.2) is 25.5 Å². The first-order valence-corrected chi connectivity index (χ1v) is 8.09. The molecule has 0 bridgehead atoms. The molecule has 0 radical (unpaired) electrons. The van der Waals surface area contributed by atoms with Gasteiger partial charge in [0.15, 0.2) is 0 Å². The summed E-state index contributed by atoms with van der Waals surface area (Å²) in [6.45, 7) is 3.35. The maximum absolute atomic E-state index is 12.5. The zero-order valence-corrected chi connectivity index (χ0v) is 12.6. The fourth-order valence-electron chi connectivity index (χ4n) is 1.73. The number of benzene rings is 1. The summed E-state index contributed by atoms with van der Waals surface area (Å²) in [6, 6.07) is 4.94. The van der Waals surface area contributed by atoms with Crippen molar-refractivity contribution in [3.63, 3.8) is 0 Å². The summed E-state index contributed by atoms with van der Waals surface area (Å²) in [4.78, 5) is 6.93. The second-order valence-corrected chi connectivity index (χ2v) is 7.34. The van der Waals surface area contributed by atoms with Crippen LogP contribution < -0.4 is 4.72 Å². The second-order valence-electron chi connectivity index (χ2n) is 4.84. The highest BCUT2D eigenvalue weighted by atomic mass is 32.2. The Labute approximate surface area is 120 Å². The third kappa shape index (κ3) is 3.07. The summed E-state index contributed by atoms with van der Waals surface area (Å²) in [7, 11) is -3.71. The number of hydrogen-bond donors (Lipinski definition) is 1. The number of sulfonamides is 1. The molecule has 0 aliphatic carbocycles. The number of nitrogens with zero attached hydrogens (tertiary/aromatic N) is 4. The minimum absolute atomic E-state index is 0.0292. The van der Waals surface area contributed by atoms with E-state index in [4.69, 9.17) is 5.53 Å². The fraction of sp³-hybridized carbons (Fsp3) is 0.364. The van der Waals surface area contributed by atoms with Crippen LogP contribution in [0, 0.1) is 0 Å². The SMILES string of the molecule is CC(C)(CN=[N+]=[N-])NS(=O)(=O)c1cccc2ncsc12. The molecule has 0 atom stereocenters. The van der Waals surface area contributed by atoms with Gasteiger partial charge in [0.05, 0.1) is 15.7 Å². The quantitative estimate of drug-likeness (QED) is 0.521. The van der Waals surface area contributed by atoms with E-state index in [0.717, 1.165) is 0 Å². The zero-order valence-electron chi connectivity index (χ0n) is 10.9. The van der Waals surface area contributed by atoms with Crippen molar-refractivity contribution in [2.45, 2.75) is 24.3 Å². The molecule has 20 heavy (non-hydrogen) atoms. The highest BCUT2D eigenvalue weighted by molar-refractivity contribution is 7.90. The van der Waals surface area contributed by atoms with Gasteiger partial charge in [-0.15, -0.1) is 11.3 Å². The van der Waals surface area contributed by atoms with Gasteiger partial charge in [0.25, 0.3) is 0 Å². The van der Waals surface area contributed by atoms with E-state index in [9.17, 15) is 8.42 Å². The summed E-state index contributed by atoms with van der Waals surface area (Å²) < 4.78 is 28.1. The first-order valence-electron chi connectivity index (χ1n) is 5.73. The molecule has 0 saturated carbocycles. The molecule has 1 N–H and O–H groups in total. The van der Waals surface area contributed by atoms with E-state index in [1.54, 1.807) is 31.5 Å². The van der Waals surface area contributed by atoms with Crippen molar-refractivity contribution in [2.24, 2.45) is 5.11 Å². The highest BCUT2D eigenvalue weighted by Gasteiger charge is 2.27. The summed E-state index contributed by atoms with van der Waals surface area (Å²) in [5, 5.41) is 3.42. The minimum atomic E-state index is -3.71. The van der Waals surface area contributed by atoms with Gasteiger partial charge in [0.2, 0.25) is 10.0 Å². The Kier molecular flexibility index (Phi) is 3.96. The molecular weight excluding hydrogens is 298 g/mol. The Bertz CT molecular complexity index is 775. The summed E-state index contributed by atoms with van der Waals surface area (Å²) in [5.74, 6) is 0. The van der Waals surface area contributed by atoms with Crippen molar-refractivity contribution >= 4 is 31.6 Å². The first kappa shape index (κ1) is 14.7. The number of aromatic nitrogens is 1. The summed E-state index contributed by atoms with van der Waals surface area (Å²) >= 11 is 1.27. The van der Waals surface area contributed by atoms with E-state index in [1.807, 2.05) is 0 Å². The first-order chi connectivity index (χ1) is 9.36. The third-order valence-corrected chi connectivity index (χ3v) is 5.30. The topological polar surface area (TPSA) is 108 Å². The van der Waals surface area contributed by atoms with Crippen LogP contribution in [-0.2, 0) is 10.0 Å². The molecular formula is C11H13N5O2S2. The minimum Gasteiger partial charge on any atom is -0.245 e. The van der Waals surface area contributed by atoms with E-state index in [1.165, 1.54) is 17.4 Å². The van der Waals surface area contributed by atoms with Crippen LogP contribution in [0.5, 0.6) is 0 Å².